The fourth-order valence-electron chi connectivity index (χ4n) is 5.55. The molecule has 3 aromatic rings. The Morgan fingerprint density at radius 3 is 1.97 bits per heavy atom. The molecule has 0 bridgehead atoms. The number of likely N-dealkylation sites (tertiary alicyclic amines) is 2. The van der Waals surface area contributed by atoms with Crippen LogP contribution >= 0.6 is 0 Å². The second kappa shape index (κ2) is 8.69. The van der Waals surface area contributed by atoms with Crippen LogP contribution in [0.25, 0.3) is 0 Å². The second-order valence-corrected chi connectivity index (χ2v) is 9.70. The van der Waals surface area contributed by atoms with Crippen LogP contribution in [0, 0.1) is 10.8 Å². The lowest BCUT2D eigenvalue weighted by Gasteiger charge is -2.34. The number of benzene rings is 3. The second-order valence-electron chi connectivity index (χ2n) is 9.70. The highest BCUT2D eigenvalue weighted by atomic mass is 16.6. The molecule has 2 saturated heterocycles. The molecule has 5 rings (SSSR count). The van der Waals surface area contributed by atoms with E-state index in [1.54, 1.807) is 11.8 Å². The Labute approximate surface area is 205 Å². The fraction of sp³-hybridized carbons (Fsp3) is 0.276. The molecule has 2 aliphatic rings. The van der Waals surface area contributed by atoms with Crippen LogP contribution < -0.4 is 0 Å². The molecule has 2 heterocycles. The first kappa shape index (κ1) is 22.8. The van der Waals surface area contributed by atoms with Gasteiger partial charge in [0, 0.05) is 6.54 Å². The predicted octanol–water partition coefficient (Wildman–Crippen LogP) is 4.96. The van der Waals surface area contributed by atoms with Crippen molar-refractivity contribution in [2.75, 3.05) is 6.54 Å². The quantitative estimate of drug-likeness (QED) is 0.497. The van der Waals surface area contributed by atoms with E-state index in [1.165, 1.54) is 4.90 Å². The molecule has 2 fully saturated rings. The molecule has 6 heteroatoms. The Morgan fingerprint density at radius 1 is 0.829 bits per heavy atom. The first-order chi connectivity index (χ1) is 16.9. The maximum atomic E-state index is 14.0. The third-order valence-electron chi connectivity index (χ3n) is 7.64. The van der Waals surface area contributed by atoms with Gasteiger partial charge in [0.15, 0.2) is 0 Å². The molecule has 0 aromatic heterocycles. The van der Waals surface area contributed by atoms with Crippen molar-refractivity contribution >= 4 is 17.9 Å². The number of rotatable bonds is 5. The molecule has 0 unspecified atom stereocenters. The molecule has 2 aliphatic heterocycles. The normalized spacial score (nSPS) is 25.6. The summed E-state index contributed by atoms with van der Waals surface area (Å²) < 4.78 is 5.66. The summed E-state index contributed by atoms with van der Waals surface area (Å²) in [5.74, 6) is -0.519. The Kier molecular flexibility index (Phi) is 5.67. The lowest BCUT2D eigenvalue weighted by Crippen LogP contribution is -2.42. The van der Waals surface area contributed by atoms with Crippen molar-refractivity contribution in [3.63, 3.8) is 0 Å². The Morgan fingerprint density at radius 2 is 1.37 bits per heavy atom. The van der Waals surface area contributed by atoms with Crippen LogP contribution in [0.3, 0.4) is 0 Å². The molecule has 3 aromatic carbocycles. The minimum Gasteiger partial charge on any atom is -0.445 e. The van der Waals surface area contributed by atoms with Gasteiger partial charge in [0.2, 0.25) is 11.8 Å². The highest BCUT2D eigenvalue weighted by Crippen LogP contribution is 2.62. The molecule has 178 valence electrons. The number of carbonyl (C=O) groups is 3. The summed E-state index contributed by atoms with van der Waals surface area (Å²) in [7, 11) is 0. The highest BCUT2D eigenvalue weighted by Gasteiger charge is 2.73. The van der Waals surface area contributed by atoms with Gasteiger partial charge in [0.25, 0.3) is 0 Å². The molecular formula is C29H28N2O4. The van der Waals surface area contributed by atoms with E-state index in [0.29, 0.717) is 0 Å². The summed E-state index contributed by atoms with van der Waals surface area (Å²) in [6.45, 7) is 4.06. The molecule has 0 spiro atoms. The summed E-state index contributed by atoms with van der Waals surface area (Å²) in [5.41, 5.74) is 0.349. The number of imide groups is 1. The number of amides is 3. The van der Waals surface area contributed by atoms with E-state index >= 15 is 0 Å². The van der Waals surface area contributed by atoms with Crippen LogP contribution in [-0.2, 0) is 27.5 Å². The lowest BCUT2D eigenvalue weighted by molar-refractivity contribution is -0.143. The summed E-state index contributed by atoms with van der Waals surface area (Å²) in [6, 6.07) is 27.8. The monoisotopic (exact) mass is 468 g/mol. The summed E-state index contributed by atoms with van der Waals surface area (Å²) >= 11 is 0. The van der Waals surface area contributed by atoms with Gasteiger partial charge in [-0.2, -0.15) is 0 Å². The molecule has 0 N–H and O–H groups in total. The maximum Gasteiger partial charge on any atom is 0.410 e. The van der Waals surface area contributed by atoms with E-state index in [1.807, 2.05) is 97.9 Å². The van der Waals surface area contributed by atoms with Crippen LogP contribution in [-0.4, -0.2) is 34.3 Å². The van der Waals surface area contributed by atoms with Gasteiger partial charge in [0.1, 0.15) is 6.61 Å². The zero-order chi connectivity index (χ0) is 24.6. The average molecular weight is 469 g/mol. The Bertz CT molecular complexity index is 1250. The third kappa shape index (κ3) is 3.60. The number of hydrogen-bond donors (Lipinski definition) is 0. The zero-order valence-corrected chi connectivity index (χ0v) is 19.9. The van der Waals surface area contributed by atoms with Crippen molar-refractivity contribution in [1.29, 1.82) is 0 Å². The van der Waals surface area contributed by atoms with Crippen molar-refractivity contribution in [3.8, 4) is 0 Å². The third-order valence-corrected chi connectivity index (χ3v) is 7.64. The van der Waals surface area contributed by atoms with Gasteiger partial charge in [-0.1, -0.05) is 91.0 Å². The van der Waals surface area contributed by atoms with Crippen molar-refractivity contribution < 1.29 is 19.1 Å². The van der Waals surface area contributed by atoms with Crippen molar-refractivity contribution in [3.05, 3.63) is 108 Å². The van der Waals surface area contributed by atoms with Crippen LogP contribution in [0.2, 0.25) is 0 Å². The Hall–Kier alpha value is -3.93. The molecular weight excluding hydrogens is 440 g/mol. The maximum absolute atomic E-state index is 14.0. The van der Waals surface area contributed by atoms with Crippen molar-refractivity contribution in [2.45, 2.75) is 33.0 Å². The SMILES string of the molecule is C[C@@]12CN(C(=O)OCc3ccccc3)[C@@H](c3ccccc3)[C@]1(C)C(=O)N(Cc1ccccc1)C2=O. The van der Waals surface area contributed by atoms with Gasteiger partial charge in [0.05, 0.1) is 23.4 Å². The van der Waals surface area contributed by atoms with E-state index in [9.17, 15) is 14.4 Å². The van der Waals surface area contributed by atoms with Crippen molar-refractivity contribution in [2.24, 2.45) is 10.8 Å². The minimum absolute atomic E-state index is 0.104. The fourth-order valence-corrected chi connectivity index (χ4v) is 5.55. The lowest BCUT2D eigenvalue weighted by atomic mass is 9.65. The van der Waals surface area contributed by atoms with Crippen LogP contribution in [0.4, 0.5) is 4.79 Å². The number of ether oxygens (including phenoxy) is 1. The van der Waals surface area contributed by atoms with Gasteiger partial charge in [-0.05, 0) is 30.5 Å². The number of hydrogen-bond acceptors (Lipinski definition) is 4. The first-order valence-electron chi connectivity index (χ1n) is 11.8. The Balaban J connectivity index is 1.50. The smallest absolute Gasteiger partial charge is 0.410 e. The predicted molar refractivity (Wildman–Crippen MR) is 131 cm³/mol. The molecule has 6 nitrogen and oxygen atoms in total. The van der Waals surface area contributed by atoms with Gasteiger partial charge >= 0.3 is 6.09 Å². The number of fused-ring (bicyclic) bond motifs is 1. The largest absolute Gasteiger partial charge is 0.445 e. The van der Waals surface area contributed by atoms with E-state index in [4.69, 9.17) is 4.74 Å². The van der Waals surface area contributed by atoms with E-state index in [0.717, 1.165) is 16.7 Å². The molecule has 0 radical (unpaired) electrons. The van der Waals surface area contributed by atoms with Crippen LogP contribution in [0.15, 0.2) is 91.0 Å². The summed E-state index contributed by atoms with van der Waals surface area (Å²) in [5, 5.41) is 0. The summed E-state index contributed by atoms with van der Waals surface area (Å²) in [4.78, 5) is 44.1. The van der Waals surface area contributed by atoms with Crippen LogP contribution in [0.5, 0.6) is 0 Å². The minimum atomic E-state index is -1.13. The zero-order valence-electron chi connectivity index (χ0n) is 19.9. The average Bonchev–Trinajstić information content (AvgIpc) is 3.22. The van der Waals surface area contributed by atoms with E-state index in [2.05, 4.69) is 0 Å². The van der Waals surface area contributed by atoms with E-state index in [-0.39, 0.29) is 31.5 Å². The van der Waals surface area contributed by atoms with Gasteiger partial charge < -0.3 is 4.74 Å². The van der Waals surface area contributed by atoms with Gasteiger partial charge in [-0.15, -0.1) is 0 Å². The topological polar surface area (TPSA) is 66.9 Å². The molecule has 3 atom stereocenters. The van der Waals surface area contributed by atoms with E-state index < -0.39 is 23.0 Å². The first-order valence-corrected chi connectivity index (χ1v) is 11.8. The number of nitrogens with zero attached hydrogens (tertiary/aromatic N) is 2. The van der Waals surface area contributed by atoms with Crippen molar-refractivity contribution in [1.82, 2.24) is 9.80 Å². The molecule has 35 heavy (non-hydrogen) atoms. The van der Waals surface area contributed by atoms with Gasteiger partial charge in [-0.25, -0.2) is 4.79 Å². The standard InChI is InChI=1S/C29H28N2O4/c1-28-20-31(27(34)35-19-22-14-8-4-9-15-22)24(23-16-10-5-11-17-23)29(28,2)26(33)30(25(28)32)18-21-12-6-3-7-13-21/h3-17,24H,18-20H2,1-2H3/t24-,28-,29+/m0/s1. The highest BCUT2D eigenvalue weighted by molar-refractivity contribution is 6.11. The molecule has 0 saturated carbocycles. The molecule has 0 aliphatic carbocycles. The molecule has 3 amide bonds. The van der Waals surface area contributed by atoms with Gasteiger partial charge in [-0.3, -0.25) is 19.4 Å². The number of carbonyl (C=O) groups excluding carboxylic acids is 3. The summed E-state index contributed by atoms with van der Waals surface area (Å²) in [6.07, 6.45) is -0.533. The van der Waals surface area contributed by atoms with Crippen LogP contribution in [0.1, 0.15) is 36.6 Å².